The lowest BCUT2D eigenvalue weighted by Crippen LogP contribution is -2.38. The number of benzene rings is 1. The Morgan fingerprint density at radius 1 is 1.33 bits per heavy atom. The predicted molar refractivity (Wildman–Crippen MR) is 92.7 cm³/mol. The van der Waals surface area contributed by atoms with Gasteiger partial charge in [0.05, 0.1) is 18.4 Å². The van der Waals surface area contributed by atoms with Crippen LogP contribution in [-0.2, 0) is 29.0 Å². The summed E-state index contributed by atoms with van der Waals surface area (Å²) in [6.07, 6.45) is 2.17. The first kappa shape index (κ1) is 16.7. The van der Waals surface area contributed by atoms with E-state index in [0.29, 0.717) is 19.6 Å². The van der Waals surface area contributed by atoms with Crippen LogP contribution in [0.15, 0.2) is 24.3 Å². The van der Waals surface area contributed by atoms with Gasteiger partial charge in [-0.05, 0) is 37.0 Å². The number of nitrogens with one attached hydrogen (secondary N) is 1. The number of rotatable bonds is 5. The van der Waals surface area contributed by atoms with Crippen molar-refractivity contribution < 1.29 is 9.53 Å². The van der Waals surface area contributed by atoms with Gasteiger partial charge in [0.25, 0.3) is 0 Å². The zero-order valence-corrected chi connectivity index (χ0v) is 14.6. The van der Waals surface area contributed by atoms with Crippen LogP contribution in [0.3, 0.4) is 0 Å². The minimum Gasteiger partial charge on any atom is -0.371 e. The Hall–Kier alpha value is -2.14. The number of aromatic nitrogens is 2. The molecule has 0 spiro atoms. The third-order valence-corrected chi connectivity index (χ3v) is 4.81. The van der Waals surface area contributed by atoms with Crippen molar-refractivity contribution in [2.45, 2.75) is 45.8 Å². The number of amides is 1. The van der Waals surface area contributed by atoms with Gasteiger partial charge < -0.3 is 9.64 Å². The number of aryl methyl sites for hydroxylation is 2. The van der Waals surface area contributed by atoms with Crippen LogP contribution in [0.25, 0.3) is 0 Å². The van der Waals surface area contributed by atoms with E-state index < -0.39 is 0 Å². The van der Waals surface area contributed by atoms with Crippen LogP contribution in [0.1, 0.15) is 34.5 Å². The van der Waals surface area contributed by atoms with Gasteiger partial charge in [-0.25, -0.2) is 0 Å². The summed E-state index contributed by atoms with van der Waals surface area (Å²) in [5, 5.41) is 7.15. The van der Waals surface area contributed by atoms with E-state index in [9.17, 15) is 4.79 Å². The van der Waals surface area contributed by atoms with Crippen LogP contribution in [0.2, 0.25) is 0 Å². The Bertz CT molecular complexity index is 704. The summed E-state index contributed by atoms with van der Waals surface area (Å²) in [7, 11) is 1.86. The monoisotopic (exact) mass is 327 g/mol. The van der Waals surface area contributed by atoms with Crippen LogP contribution >= 0.6 is 0 Å². The largest absolute Gasteiger partial charge is 0.371 e. The molecule has 1 unspecified atom stereocenters. The molecule has 2 aromatic rings. The van der Waals surface area contributed by atoms with E-state index in [0.717, 1.165) is 29.8 Å². The van der Waals surface area contributed by atoms with Crippen LogP contribution < -0.4 is 0 Å². The van der Waals surface area contributed by atoms with Gasteiger partial charge in [-0.15, -0.1) is 0 Å². The summed E-state index contributed by atoms with van der Waals surface area (Å²) in [6.45, 7) is 5.24. The number of H-pyrrole nitrogens is 1. The topological polar surface area (TPSA) is 58.2 Å². The minimum absolute atomic E-state index is 0.0752. The molecule has 0 radical (unpaired) electrons. The van der Waals surface area contributed by atoms with E-state index in [2.05, 4.69) is 28.4 Å². The molecule has 1 aliphatic heterocycles. The second-order valence-electron chi connectivity index (χ2n) is 6.59. The van der Waals surface area contributed by atoms with E-state index >= 15 is 0 Å². The van der Waals surface area contributed by atoms with E-state index in [1.807, 2.05) is 27.0 Å². The summed E-state index contributed by atoms with van der Waals surface area (Å²) in [5.74, 6) is 0.150. The van der Waals surface area contributed by atoms with Crippen molar-refractivity contribution >= 4 is 5.91 Å². The molecule has 1 amide bonds. The highest BCUT2D eigenvalue weighted by Crippen LogP contribution is 2.21. The van der Waals surface area contributed by atoms with E-state index in [-0.39, 0.29) is 12.0 Å². The van der Waals surface area contributed by atoms with Gasteiger partial charge in [0.2, 0.25) is 5.91 Å². The van der Waals surface area contributed by atoms with Gasteiger partial charge >= 0.3 is 0 Å². The SMILES string of the molecule is Cc1n[nH]c(C)c1CCC(=O)N(C)CC1Cc2ccccc2CO1. The predicted octanol–water partition coefficient (Wildman–Crippen LogP) is 2.56. The number of aromatic amines is 1. The van der Waals surface area contributed by atoms with E-state index in [1.54, 1.807) is 4.90 Å². The van der Waals surface area contributed by atoms with Crippen molar-refractivity contribution in [1.29, 1.82) is 0 Å². The molecule has 24 heavy (non-hydrogen) atoms. The Morgan fingerprint density at radius 2 is 2.08 bits per heavy atom. The van der Waals surface area contributed by atoms with Gasteiger partial charge in [-0.3, -0.25) is 9.89 Å². The zero-order chi connectivity index (χ0) is 17.1. The summed E-state index contributed by atoms with van der Waals surface area (Å²) in [4.78, 5) is 14.2. The first-order valence-electron chi connectivity index (χ1n) is 8.47. The van der Waals surface area contributed by atoms with E-state index in [1.165, 1.54) is 11.1 Å². The first-order chi connectivity index (χ1) is 11.5. The number of hydrogen-bond acceptors (Lipinski definition) is 3. The Kier molecular flexibility index (Phi) is 5.00. The fraction of sp³-hybridized carbons (Fsp3) is 0.474. The van der Waals surface area contributed by atoms with Gasteiger partial charge in [0.15, 0.2) is 0 Å². The quantitative estimate of drug-likeness (QED) is 0.918. The first-order valence-corrected chi connectivity index (χ1v) is 8.47. The second kappa shape index (κ2) is 7.18. The number of fused-ring (bicyclic) bond motifs is 1. The van der Waals surface area contributed by atoms with Gasteiger partial charge in [-0.2, -0.15) is 5.10 Å². The van der Waals surface area contributed by atoms with Gasteiger partial charge in [-0.1, -0.05) is 24.3 Å². The summed E-state index contributed by atoms with van der Waals surface area (Å²) >= 11 is 0. The third-order valence-electron chi connectivity index (χ3n) is 4.81. The van der Waals surface area contributed by atoms with Gasteiger partial charge in [0.1, 0.15) is 0 Å². The molecular weight excluding hydrogens is 302 g/mol. The molecule has 0 aliphatic carbocycles. The zero-order valence-electron chi connectivity index (χ0n) is 14.6. The summed E-state index contributed by atoms with van der Waals surface area (Å²) in [6, 6.07) is 8.36. The highest BCUT2D eigenvalue weighted by atomic mass is 16.5. The molecule has 1 atom stereocenters. The Balaban J connectivity index is 1.52. The lowest BCUT2D eigenvalue weighted by Gasteiger charge is -2.29. The molecule has 5 nitrogen and oxygen atoms in total. The number of carbonyl (C=O) groups is 1. The highest BCUT2D eigenvalue weighted by molar-refractivity contribution is 5.76. The molecule has 0 fully saturated rings. The summed E-state index contributed by atoms with van der Waals surface area (Å²) < 4.78 is 5.90. The molecule has 0 bridgehead atoms. The molecule has 128 valence electrons. The number of carbonyl (C=O) groups excluding carboxylic acids is 1. The van der Waals surface area contributed by atoms with Crippen molar-refractivity contribution in [1.82, 2.24) is 15.1 Å². The Morgan fingerprint density at radius 3 is 2.79 bits per heavy atom. The molecule has 3 rings (SSSR count). The Labute approximate surface area is 143 Å². The minimum atomic E-state index is 0.0752. The van der Waals surface area contributed by atoms with Crippen LogP contribution in [0.4, 0.5) is 0 Å². The number of likely N-dealkylation sites (N-methyl/N-ethyl adjacent to an activating group) is 1. The molecule has 0 saturated heterocycles. The standard InChI is InChI=1S/C19H25N3O2/c1-13-18(14(2)21-20-13)8-9-19(23)22(3)11-17-10-15-6-4-5-7-16(15)12-24-17/h4-7,17H,8-12H2,1-3H3,(H,20,21). The van der Waals surface area contributed by atoms with Crippen molar-refractivity contribution in [3.63, 3.8) is 0 Å². The molecule has 1 aliphatic rings. The maximum absolute atomic E-state index is 12.4. The lowest BCUT2D eigenvalue weighted by atomic mass is 9.99. The second-order valence-corrected chi connectivity index (χ2v) is 6.59. The molecule has 2 heterocycles. The molecule has 1 aromatic heterocycles. The fourth-order valence-corrected chi connectivity index (χ4v) is 3.30. The number of hydrogen-bond donors (Lipinski definition) is 1. The van der Waals surface area contributed by atoms with E-state index in [4.69, 9.17) is 4.74 Å². The number of ether oxygens (including phenoxy) is 1. The van der Waals surface area contributed by atoms with Crippen molar-refractivity contribution in [2.24, 2.45) is 0 Å². The molecule has 5 heteroatoms. The third kappa shape index (κ3) is 3.67. The average molecular weight is 327 g/mol. The van der Waals surface area contributed by atoms with Crippen LogP contribution in [0, 0.1) is 13.8 Å². The highest BCUT2D eigenvalue weighted by Gasteiger charge is 2.22. The molecule has 1 aromatic carbocycles. The van der Waals surface area contributed by atoms with Gasteiger partial charge in [0, 0.05) is 32.1 Å². The molecule has 1 N–H and O–H groups in total. The normalized spacial score (nSPS) is 16.7. The molecule has 0 saturated carbocycles. The van der Waals surface area contributed by atoms with Crippen LogP contribution in [-0.4, -0.2) is 40.7 Å². The number of nitrogens with zero attached hydrogens (tertiary/aromatic N) is 2. The lowest BCUT2D eigenvalue weighted by molar-refractivity contribution is -0.132. The smallest absolute Gasteiger partial charge is 0.222 e. The fourth-order valence-electron chi connectivity index (χ4n) is 3.30. The summed E-state index contributed by atoms with van der Waals surface area (Å²) in [5.41, 5.74) is 5.78. The molecular formula is C19H25N3O2. The average Bonchev–Trinajstić information content (AvgIpc) is 2.90. The maximum atomic E-state index is 12.4. The van der Waals surface area contributed by atoms with Crippen molar-refractivity contribution in [3.05, 3.63) is 52.3 Å². The van der Waals surface area contributed by atoms with Crippen molar-refractivity contribution in [2.75, 3.05) is 13.6 Å². The van der Waals surface area contributed by atoms with Crippen LogP contribution in [0.5, 0.6) is 0 Å². The van der Waals surface area contributed by atoms with Crippen molar-refractivity contribution in [3.8, 4) is 0 Å². The maximum Gasteiger partial charge on any atom is 0.222 e.